The first-order chi connectivity index (χ1) is 12.6. The minimum atomic E-state index is -0.463. The van der Waals surface area contributed by atoms with Crippen LogP contribution in [0.4, 0.5) is 20.8 Å². The van der Waals surface area contributed by atoms with Crippen LogP contribution in [-0.2, 0) is 16.1 Å². The van der Waals surface area contributed by atoms with Crippen molar-refractivity contribution < 1.29 is 18.7 Å². The molecular formula is C17H18FN5O3. The monoisotopic (exact) mass is 359 g/mol. The molecule has 3 rings (SSSR count). The number of aromatic nitrogens is 2. The van der Waals surface area contributed by atoms with E-state index in [0.29, 0.717) is 31.1 Å². The summed E-state index contributed by atoms with van der Waals surface area (Å²) in [6.45, 7) is 1.15. The number of ether oxygens (including phenoxy) is 2. The summed E-state index contributed by atoms with van der Waals surface area (Å²) in [6, 6.07) is 5.79. The number of benzene rings is 1. The van der Waals surface area contributed by atoms with Gasteiger partial charge in [-0.2, -0.15) is 0 Å². The Labute approximate surface area is 149 Å². The van der Waals surface area contributed by atoms with Gasteiger partial charge in [-0.3, -0.25) is 0 Å². The number of morpholine rings is 1. The van der Waals surface area contributed by atoms with Crippen LogP contribution in [-0.4, -0.2) is 53.0 Å². The smallest absolute Gasteiger partial charge is 0.410 e. The van der Waals surface area contributed by atoms with Crippen LogP contribution < -0.4 is 5.73 Å². The van der Waals surface area contributed by atoms with Gasteiger partial charge in [0.1, 0.15) is 18.5 Å². The van der Waals surface area contributed by atoms with Gasteiger partial charge < -0.3 is 20.1 Å². The second-order valence-corrected chi connectivity index (χ2v) is 5.58. The Morgan fingerprint density at radius 1 is 1.38 bits per heavy atom. The first-order valence-corrected chi connectivity index (χ1v) is 8.00. The summed E-state index contributed by atoms with van der Waals surface area (Å²) in [5.74, 6) is 0.182. The molecule has 8 nitrogen and oxygen atoms in total. The van der Waals surface area contributed by atoms with E-state index in [-0.39, 0.29) is 18.2 Å². The van der Waals surface area contributed by atoms with Gasteiger partial charge in [0.05, 0.1) is 13.2 Å². The molecule has 0 radical (unpaired) electrons. The van der Waals surface area contributed by atoms with E-state index in [2.05, 4.69) is 15.0 Å². The highest BCUT2D eigenvalue weighted by Crippen LogP contribution is 2.14. The first-order valence-electron chi connectivity index (χ1n) is 8.00. The summed E-state index contributed by atoms with van der Waals surface area (Å²) in [5.41, 5.74) is 6.39. The third-order valence-corrected chi connectivity index (χ3v) is 3.70. The predicted octanol–water partition coefficient (Wildman–Crippen LogP) is 1.94. The molecule has 2 N–H and O–H groups in total. The van der Waals surface area contributed by atoms with Gasteiger partial charge in [-0.25, -0.2) is 24.1 Å². The van der Waals surface area contributed by atoms with Crippen LogP contribution >= 0.6 is 0 Å². The maximum atomic E-state index is 12.9. The minimum absolute atomic E-state index is 0.0748. The molecule has 2 aromatic rings. The predicted molar refractivity (Wildman–Crippen MR) is 92.5 cm³/mol. The van der Waals surface area contributed by atoms with E-state index in [4.69, 9.17) is 15.2 Å². The fourth-order valence-corrected chi connectivity index (χ4v) is 2.34. The van der Waals surface area contributed by atoms with E-state index in [9.17, 15) is 9.18 Å². The number of halogens is 1. The fourth-order valence-electron chi connectivity index (χ4n) is 2.34. The maximum Gasteiger partial charge on any atom is 0.410 e. The number of amides is 1. The first kappa shape index (κ1) is 17.7. The Morgan fingerprint density at radius 3 is 2.92 bits per heavy atom. The van der Waals surface area contributed by atoms with Gasteiger partial charge in [-0.15, -0.1) is 0 Å². The molecule has 26 heavy (non-hydrogen) atoms. The van der Waals surface area contributed by atoms with Gasteiger partial charge in [-0.05, 0) is 17.7 Å². The lowest BCUT2D eigenvalue weighted by Crippen LogP contribution is -2.46. The summed E-state index contributed by atoms with van der Waals surface area (Å²) in [6.07, 6.45) is 3.65. The van der Waals surface area contributed by atoms with Gasteiger partial charge in [0, 0.05) is 25.2 Å². The molecule has 0 aliphatic carbocycles. The quantitative estimate of drug-likeness (QED) is 0.837. The zero-order chi connectivity index (χ0) is 18.4. The molecule has 0 saturated carbocycles. The standard InChI is InChI=1S/C17H18FN5O3/c18-13-3-1-12(2-4-13)11-26-17(24)23-7-8-25-14(10-23)9-22-16-15(19)20-5-6-21-16/h1-6,9,14H,7-8,10-11H2,(H2,19,20)/t14-/m1/s1. The molecule has 1 saturated heterocycles. The summed E-state index contributed by atoms with van der Waals surface area (Å²) in [4.78, 5) is 25.8. The van der Waals surface area contributed by atoms with E-state index >= 15 is 0 Å². The number of nitrogens with two attached hydrogens (primary N) is 1. The molecule has 0 spiro atoms. The Morgan fingerprint density at radius 2 is 2.15 bits per heavy atom. The van der Waals surface area contributed by atoms with E-state index in [1.807, 2.05) is 0 Å². The molecule has 1 aromatic heterocycles. The Balaban J connectivity index is 1.53. The largest absolute Gasteiger partial charge is 0.445 e. The van der Waals surface area contributed by atoms with E-state index in [0.717, 1.165) is 0 Å². The number of hydrogen-bond acceptors (Lipinski definition) is 7. The lowest BCUT2D eigenvalue weighted by molar-refractivity contribution is 0.00330. The summed E-state index contributed by atoms with van der Waals surface area (Å²) < 4.78 is 23.7. The van der Waals surface area contributed by atoms with Crippen molar-refractivity contribution in [2.75, 3.05) is 25.4 Å². The SMILES string of the molecule is Nc1nccnc1N=C[C@@H]1CN(C(=O)OCc2ccc(F)cc2)CCO1. The zero-order valence-corrected chi connectivity index (χ0v) is 13.9. The number of rotatable bonds is 4. The van der Waals surface area contributed by atoms with Crippen LogP contribution in [0.15, 0.2) is 41.7 Å². The second-order valence-electron chi connectivity index (χ2n) is 5.58. The zero-order valence-electron chi connectivity index (χ0n) is 13.9. The van der Waals surface area contributed by atoms with E-state index < -0.39 is 12.2 Å². The van der Waals surface area contributed by atoms with Crippen molar-refractivity contribution in [1.82, 2.24) is 14.9 Å². The molecule has 2 heterocycles. The molecule has 1 aliphatic rings. The van der Waals surface area contributed by atoms with Gasteiger partial charge in [-0.1, -0.05) is 12.1 Å². The van der Waals surface area contributed by atoms with E-state index in [1.165, 1.54) is 29.4 Å². The fraction of sp³-hybridized carbons (Fsp3) is 0.294. The van der Waals surface area contributed by atoms with E-state index in [1.54, 1.807) is 18.3 Å². The molecular weight excluding hydrogens is 341 g/mol. The van der Waals surface area contributed by atoms with Crippen molar-refractivity contribution in [1.29, 1.82) is 0 Å². The Hall–Kier alpha value is -3.07. The third-order valence-electron chi connectivity index (χ3n) is 3.70. The Bertz CT molecular complexity index is 784. The number of carbonyl (C=O) groups is 1. The molecule has 0 unspecified atom stereocenters. The van der Waals surface area contributed by atoms with Crippen LogP contribution in [0.1, 0.15) is 5.56 Å². The molecule has 1 aromatic carbocycles. The van der Waals surface area contributed by atoms with Gasteiger partial charge in [0.15, 0.2) is 11.6 Å². The topological polar surface area (TPSA) is 103 Å². The summed E-state index contributed by atoms with van der Waals surface area (Å²) >= 11 is 0. The Kier molecular flexibility index (Phi) is 5.69. The van der Waals surface area contributed by atoms with Crippen LogP contribution in [0.2, 0.25) is 0 Å². The van der Waals surface area contributed by atoms with Crippen molar-refractivity contribution in [2.24, 2.45) is 4.99 Å². The van der Waals surface area contributed by atoms with Crippen molar-refractivity contribution in [2.45, 2.75) is 12.7 Å². The van der Waals surface area contributed by atoms with Crippen molar-refractivity contribution in [3.05, 3.63) is 48.0 Å². The van der Waals surface area contributed by atoms with Crippen LogP contribution in [0, 0.1) is 5.82 Å². The number of anilines is 1. The maximum absolute atomic E-state index is 12.9. The molecule has 0 bridgehead atoms. The van der Waals surface area contributed by atoms with Crippen molar-refractivity contribution in [3.8, 4) is 0 Å². The van der Waals surface area contributed by atoms with Crippen LogP contribution in [0.5, 0.6) is 0 Å². The molecule has 9 heteroatoms. The molecule has 1 aliphatic heterocycles. The molecule has 136 valence electrons. The van der Waals surface area contributed by atoms with Gasteiger partial charge in [0.25, 0.3) is 0 Å². The normalized spacial score (nSPS) is 17.4. The average Bonchev–Trinajstić information content (AvgIpc) is 2.67. The van der Waals surface area contributed by atoms with Crippen molar-refractivity contribution in [3.63, 3.8) is 0 Å². The molecule has 1 atom stereocenters. The number of carbonyl (C=O) groups excluding carboxylic acids is 1. The van der Waals surface area contributed by atoms with Gasteiger partial charge in [0.2, 0.25) is 0 Å². The average molecular weight is 359 g/mol. The van der Waals surface area contributed by atoms with Crippen LogP contribution in [0.25, 0.3) is 0 Å². The molecule has 1 fully saturated rings. The third kappa shape index (κ3) is 4.73. The summed E-state index contributed by atoms with van der Waals surface area (Å²) in [5, 5.41) is 0. The molecule has 1 amide bonds. The lowest BCUT2D eigenvalue weighted by atomic mass is 10.2. The number of nitrogen functional groups attached to an aromatic ring is 1. The van der Waals surface area contributed by atoms with Crippen LogP contribution in [0.3, 0.4) is 0 Å². The second kappa shape index (κ2) is 8.34. The number of aliphatic imine (C=N–C) groups is 1. The highest BCUT2D eigenvalue weighted by molar-refractivity contribution is 5.72. The summed E-state index contributed by atoms with van der Waals surface area (Å²) in [7, 11) is 0. The van der Waals surface area contributed by atoms with Gasteiger partial charge >= 0.3 is 6.09 Å². The highest BCUT2D eigenvalue weighted by atomic mass is 19.1. The highest BCUT2D eigenvalue weighted by Gasteiger charge is 2.24. The minimum Gasteiger partial charge on any atom is -0.445 e. The lowest BCUT2D eigenvalue weighted by Gasteiger charge is -2.30. The van der Waals surface area contributed by atoms with Crippen molar-refractivity contribution >= 4 is 23.9 Å². The number of nitrogens with zero attached hydrogens (tertiary/aromatic N) is 4. The number of hydrogen-bond donors (Lipinski definition) is 1.